The van der Waals surface area contributed by atoms with Crippen molar-refractivity contribution in [3.63, 3.8) is 0 Å². The average molecular weight is 317 g/mol. The summed E-state index contributed by atoms with van der Waals surface area (Å²) in [5, 5.41) is 2.56. The van der Waals surface area contributed by atoms with Crippen LogP contribution in [0.2, 0.25) is 0 Å². The predicted molar refractivity (Wildman–Crippen MR) is 91.4 cm³/mol. The second kappa shape index (κ2) is 6.22. The van der Waals surface area contributed by atoms with Gasteiger partial charge in [-0.15, -0.1) is 0 Å². The van der Waals surface area contributed by atoms with Crippen molar-refractivity contribution in [2.45, 2.75) is 58.3 Å². The van der Waals surface area contributed by atoms with E-state index in [1.54, 1.807) is 0 Å². The Labute approximate surface area is 138 Å². The number of benzene rings is 1. The highest BCUT2D eigenvalue weighted by Crippen LogP contribution is 2.45. The molecule has 23 heavy (non-hydrogen) atoms. The highest BCUT2D eigenvalue weighted by atomic mass is 16.2. The molecule has 0 heterocycles. The molecular formula is C18H27N3O2. The Morgan fingerprint density at radius 3 is 2.22 bits per heavy atom. The Bertz CT molecular complexity index is 621. The lowest BCUT2D eigenvalue weighted by Gasteiger charge is -2.42. The van der Waals surface area contributed by atoms with E-state index in [4.69, 9.17) is 0 Å². The van der Waals surface area contributed by atoms with Crippen molar-refractivity contribution >= 4 is 11.9 Å². The van der Waals surface area contributed by atoms with Crippen LogP contribution in [0, 0.1) is 0 Å². The fourth-order valence-corrected chi connectivity index (χ4v) is 3.12. The minimum absolute atomic E-state index is 0.0498. The molecule has 0 saturated carbocycles. The molecule has 3 N–H and O–H groups in total. The number of nitrogens with one attached hydrogen (secondary N) is 3. The van der Waals surface area contributed by atoms with Crippen molar-refractivity contribution in [3.8, 4) is 0 Å². The van der Waals surface area contributed by atoms with Crippen LogP contribution in [-0.2, 0) is 10.8 Å². The molecule has 3 amide bonds. The summed E-state index contributed by atoms with van der Waals surface area (Å²) in [6.07, 6.45) is 2.23. The second-order valence-electron chi connectivity index (χ2n) is 7.47. The summed E-state index contributed by atoms with van der Waals surface area (Å²) in [6.45, 7) is 11.2. The number of rotatable bonds is 2. The highest BCUT2D eigenvalue weighted by molar-refractivity contribution is 5.95. The first-order valence-corrected chi connectivity index (χ1v) is 8.16. The van der Waals surface area contributed by atoms with Gasteiger partial charge in [0.2, 0.25) is 0 Å². The molecule has 126 valence electrons. The molecule has 0 bridgehead atoms. The molecule has 2 rings (SSSR count). The van der Waals surface area contributed by atoms with Gasteiger partial charge in [0.1, 0.15) is 0 Å². The van der Waals surface area contributed by atoms with Gasteiger partial charge in [-0.1, -0.05) is 33.8 Å². The van der Waals surface area contributed by atoms with Gasteiger partial charge in [0.15, 0.2) is 0 Å². The predicted octanol–water partition coefficient (Wildman–Crippen LogP) is 3.00. The zero-order chi connectivity index (χ0) is 17.3. The zero-order valence-corrected chi connectivity index (χ0v) is 14.7. The Hall–Kier alpha value is -2.04. The van der Waals surface area contributed by atoms with Crippen molar-refractivity contribution in [2.24, 2.45) is 0 Å². The van der Waals surface area contributed by atoms with Crippen LogP contribution < -0.4 is 16.2 Å². The largest absolute Gasteiger partial charge is 0.337 e. The van der Waals surface area contributed by atoms with E-state index in [1.165, 1.54) is 11.1 Å². The van der Waals surface area contributed by atoms with Gasteiger partial charge in [-0.25, -0.2) is 10.2 Å². The number of hydrazine groups is 1. The molecule has 5 heteroatoms. The second-order valence-corrected chi connectivity index (χ2v) is 7.47. The van der Waals surface area contributed by atoms with Gasteiger partial charge >= 0.3 is 6.03 Å². The number of carbonyl (C=O) groups excluding carboxylic acids is 2. The van der Waals surface area contributed by atoms with Gasteiger partial charge in [0.25, 0.3) is 5.91 Å². The summed E-state index contributed by atoms with van der Waals surface area (Å²) in [4.78, 5) is 23.6. The number of fused-ring (bicyclic) bond motifs is 1. The summed E-state index contributed by atoms with van der Waals surface area (Å²) < 4.78 is 0. The van der Waals surface area contributed by atoms with Crippen LogP contribution in [0.5, 0.6) is 0 Å². The third kappa shape index (κ3) is 3.66. The number of carbonyl (C=O) groups is 2. The van der Waals surface area contributed by atoms with E-state index >= 15 is 0 Å². The summed E-state index contributed by atoms with van der Waals surface area (Å²) in [5.74, 6) is -0.307. The Balaban J connectivity index is 2.23. The Morgan fingerprint density at radius 2 is 1.61 bits per heavy atom. The lowest BCUT2D eigenvalue weighted by atomic mass is 9.63. The first-order valence-electron chi connectivity index (χ1n) is 8.16. The minimum atomic E-state index is -0.416. The van der Waals surface area contributed by atoms with E-state index in [1.807, 2.05) is 19.1 Å². The standard InChI is InChI=1S/C18H27N3O2/c1-6-19-16(23)21-20-15(22)12-7-8-13-14(11-12)18(4,5)10-9-17(13,2)3/h7-8,11H,6,9-10H2,1-5H3,(H,20,22)(H2,19,21,23). The van der Waals surface area contributed by atoms with Crippen LogP contribution in [0.25, 0.3) is 0 Å². The normalized spacial score (nSPS) is 17.8. The van der Waals surface area contributed by atoms with Crippen LogP contribution in [0.1, 0.15) is 68.9 Å². The van der Waals surface area contributed by atoms with Crippen molar-refractivity contribution in [3.05, 3.63) is 34.9 Å². The number of hydrogen-bond acceptors (Lipinski definition) is 2. The van der Waals surface area contributed by atoms with Crippen LogP contribution >= 0.6 is 0 Å². The van der Waals surface area contributed by atoms with Crippen molar-refractivity contribution in [1.82, 2.24) is 16.2 Å². The van der Waals surface area contributed by atoms with Gasteiger partial charge in [-0.05, 0) is 53.9 Å². The summed E-state index contributed by atoms with van der Waals surface area (Å²) in [6, 6.07) is 5.43. The van der Waals surface area contributed by atoms with Gasteiger partial charge in [0.05, 0.1) is 0 Å². The molecule has 0 aromatic heterocycles. The quantitative estimate of drug-likeness (QED) is 0.734. The van der Waals surface area contributed by atoms with Gasteiger partial charge in [-0.2, -0.15) is 0 Å². The first-order chi connectivity index (χ1) is 10.7. The number of hydrogen-bond donors (Lipinski definition) is 3. The Morgan fingerprint density at radius 1 is 1.00 bits per heavy atom. The fourth-order valence-electron chi connectivity index (χ4n) is 3.12. The van der Waals surface area contributed by atoms with Crippen LogP contribution in [-0.4, -0.2) is 18.5 Å². The molecular weight excluding hydrogens is 290 g/mol. The minimum Gasteiger partial charge on any atom is -0.337 e. The SMILES string of the molecule is CCNC(=O)NNC(=O)c1ccc2c(c1)C(C)(C)CCC2(C)C. The van der Waals surface area contributed by atoms with E-state index in [9.17, 15) is 9.59 Å². The lowest BCUT2D eigenvalue weighted by Crippen LogP contribution is -2.47. The third-order valence-corrected chi connectivity index (χ3v) is 4.74. The molecule has 1 aliphatic rings. The smallest absolute Gasteiger partial charge is 0.333 e. The maximum absolute atomic E-state index is 12.3. The molecule has 0 aliphatic heterocycles. The number of amides is 3. The van der Waals surface area contributed by atoms with Crippen molar-refractivity contribution in [2.75, 3.05) is 6.54 Å². The Kier molecular flexibility index (Phi) is 4.68. The fraction of sp³-hybridized carbons (Fsp3) is 0.556. The van der Waals surface area contributed by atoms with Gasteiger partial charge < -0.3 is 5.32 Å². The summed E-state index contributed by atoms with van der Waals surface area (Å²) in [5.41, 5.74) is 8.05. The third-order valence-electron chi connectivity index (χ3n) is 4.74. The van der Waals surface area contributed by atoms with E-state index in [-0.39, 0.29) is 16.7 Å². The van der Waals surface area contributed by atoms with Crippen molar-refractivity contribution < 1.29 is 9.59 Å². The molecule has 0 fully saturated rings. The summed E-state index contributed by atoms with van der Waals surface area (Å²) >= 11 is 0. The van der Waals surface area contributed by atoms with E-state index in [0.717, 1.165) is 12.8 Å². The first kappa shape index (κ1) is 17.3. The molecule has 0 unspecified atom stereocenters. The van der Waals surface area contributed by atoms with Crippen LogP contribution in [0.4, 0.5) is 4.79 Å². The molecule has 1 aromatic rings. The highest BCUT2D eigenvalue weighted by Gasteiger charge is 2.37. The topological polar surface area (TPSA) is 70.2 Å². The van der Waals surface area contributed by atoms with Crippen LogP contribution in [0.15, 0.2) is 18.2 Å². The monoisotopic (exact) mass is 317 g/mol. The molecule has 0 spiro atoms. The molecule has 1 aliphatic carbocycles. The average Bonchev–Trinajstić information content (AvgIpc) is 2.49. The van der Waals surface area contributed by atoms with E-state index in [2.05, 4.69) is 49.9 Å². The van der Waals surface area contributed by atoms with E-state index < -0.39 is 6.03 Å². The molecule has 1 aromatic carbocycles. The molecule has 0 saturated heterocycles. The van der Waals surface area contributed by atoms with Gasteiger partial charge in [-0.3, -0.25) is 10.2 Å². The maximum Gasteiger partial charge on any atom is 0.333 e. The summed E-state index contributed by atoms with van der Waals surface area (Å²) in [7, 11) is 0. The molecule has 0 atom stereocenters. The zero-order valence-electron chi connectivity index (χ0n) is 14.7. The van der Waals surface area contributed by atoms with Gasteiger partial charge in [0, 0.05) is 12.1 Å². The molecule has 0 radical (unpaired) electrons. The maximum atomic E-state index is 12.3. The molecule has 5 nitrogen and oxygen atoms in total. The van der Waals surface area contributed by atoms with Crippen molar-refractivity contribution in [1.29, 1.82) is 0 Å². The lowest BCUT2D eigenvalue weighted by molar-refractivity contribution is 0.0936. The number of urea groups is 1. The van der Waals surface area contributed by atoms with Crippen LogP contribution in [0.3, 0.4) is 0 Å². The van der Waals surface area contributed by atoms with E-state index in [0.29, 0.717) is 12.1 Å².